The maximum atomic E-state index is 4.29. The average Bonchev–Trinajstić information content (AvgIpc) is 2.46. The van der Waals surface area contributed by atoms with Gasteiger partial charge < -0.3 is 10.6 Å². The van der Waals surface area contributed by atoms with E-state index in [-0.39, 0.29) is 0 Å². The van der Waals surface area contributed by atoms with Crippen molar-refractivity contribution in [3.63, 3.8) is 0 Å². The number of nitrogens with one attached hydrogen (secondary N) is 2. The molecule has 0 fully saturated rings. The molecule has 1 aromatic heterocycles. The van der Waals surface area contributed by atoms with E-state index in [1.807, 2.05) is 19.4 Å². The summed E-state index contributed by atoms with van der Waals surface area (Å²) in [5.74, 6) is 1.64. The van der Waals surface area contributed by atoms with Gasteiger partial charge in [-0.25, -0.2) is 0 Å². The highest BCUT2D eigenvalue weighted by molar-refractivity contribution is 5.79. The van der Waals surface area contributed by atoms with Gasteiger partial charge in [0, 0.05) is 32.0 Å². The van der Waals surface area contributed by atoms with Gasteiger partial charge in [0.2, 0.25) is 0 Å². The largest absolute Gasteiger partial charge is 0.356 e. The van der Waals surface area contributed by atoms with Crippen molar-refractivity contribution in [3.05, 3.63) is 29.6 Å². The van der Waals surface area contributed by atoms with Crippen LogP contribution in [0.25, 0.3) is 0 Å². The Balaban J connectivity index is 2.33. The fourth-order valence-electron chi connectivity index (χ4n) is 2.18. The minimum absolute atomic E-state index is 0.446. The number of hydrogen-bond acceptors (Lipinski definition) is 2. The first kappa shape index (κ1) is 17.5. The van der Waals surface area contributed by atoms with Gasteiger partial charge in [-0.15, -0.1) is 0 Å². The number of aliphatic imine (C=N–C) groups is 1. The summed E-state index contributed by atoms with van der Waals surface area (Å²) in [6, 6.07) is 2.53. The molecule has 4 heteroatoms. The van der Waals surface area contributed by atoms with Crippen LogP contribution < -0.4 is 10.6 Å². The maximum Gasteiger partial charge on any atom is 0.191 e. The van der Waals surface area contributed by atoms with E-state index in [9.17, 15) is 0 Å². The number of nitrogens with zero attached hydrogens (tertiary/aromatic N) is 2. The first-order valence-electron chi connectivity index (χ1n) is 7.89. The van der Waals surface area contributed by atoms with E-state index < -0.39 is 0 Å². The quantitative estimate of drug-likeness (QED) is 0.599. The Morgan fingerprint density at radius 1 is 1.29 bits per heavy atom. The molecular weight excluding hydrogens is 260 g/mol. The van der Waals surface area contributed by atoms with Gasteiger partial charge in [-0.3, -0.25) is 9.98 Å². The fourth-order valence-corrected chi connectivity index (χ4v) is 2.18. The maximum absolute atomic E-state index is 4.29. The minimum atomic E-state index is 0.446. The molecule has 0 saturated heterocycles. The summed E-state index contributed by atoms with van der Waals surface area (Å²) in [7, 11) is 1.82. The SMILES string of the molecule is CN=C(NCCc1ccncc1C)NC(C)CCC(C)C. The normalized spacial score (nSPS) is 13.3. The van der Waals surface area contributed by atoms with Crippen LogP contribution in [0.5, 0.6) is 0 Å². The molecule has 2 N–H and O–H groups in total. The van der Waals surface area contributed by atoms with Gasteiger partial charge in [0.1, 0.15) is 0 Å². The van der Waals surface area contributed by atoms with Gasteiger partial charge >= 0.3 is 0 Å². The van der Waals surface area contributed by atoms with Crippen molar-refractivity contribution in [2.45, 2.75) is 53.0 Å². The summed E-state index contributed by atoms with van der Waals surface area (Å²) in [6.07, 6.45) is 7.15. The number of aromatic nitrogens is 1. The van der Waals surface area contributed by atoms with E-state index in [1.54, 1.807) is 0 Å². The molecule has 1 heterocycles. The van der Waals surface area contributed by atoms with Crippen LogP contribution in [0, 0.1) is 12.8 Å². The van der Waals surface area contributed by atoms with Crippen LogP contribution in [-0.2, 0) is 6.42 Å². The lowest BCUT2D eigenvalue weighted by Gasteiger charge is -2.18. The molecule has 0 aliphatic carbocycles. The van der Waals surface area contributed by atoms with Gasteiger partial charge in [0.05, 0.1) is 0 Å². The third-order valence-corrected chi connectivity index (χ3v) is 3.61. The first-order valence-corrected chi connectivity index (χ1v) is 7.89. The Hall–Kier alpha value is -1.58. The van der Waals surface area contributed by atoms with Gasteiger partial charge in [-0.05, 0) is 56.2 Å². The summed E-state index contributed by atoms with van der Waals surface area (Å²) in [5.41, 5.74) is 2.58. The fraction of sp³-hybridized carbons (Fsp3) is 0.647. The molecule has 1 aromatic rings. The number of hydrogen-bond donors (Lipinski definition) is 2. The molecule has 0 saturated carbocycles. The molecule has 0 radical (unpaired) electrons. The lowest BCUT2D eigenvalue weighted by molar-refractivity contribution is 0.489. The van der Waals surface area contributed by atoms with E-state index in [0.29, 0.717) is 6.04 Å². The smallest absolute Gasteiger partial charge is 0.191 e. The van der Waals surface area contributed by atoms with Gasteiger partial charge in [-0.2, -0.15) is 0 Å². The Labute approximate surface area is 129 Å². The van der Waals surface area contributed by atoms with E-state index >= 15 is 0 Å². The Morgan fingerprint density at radius 2 is 2.05 bits per heavy atom. The van der Waals surface area contributed by atoms with E-state index in [4.69, 9.17) is 0 Å². The van der Waals surface area contributed by atoms with Crippen molar-refractivity contribution >= 4 is 5.96 Å². The van der Waals surface area contributed by atoms with Crippen LogP contribution in [0.3, 0.4) is 0 Å². The highest BCUT2D eigenvalue weighted by atomic mass is 15.2. The second-order valence-electron chi connectivity index (χ2n) is 6.07. The molecule has 1 rings (SSSR count). The molecule has 1 unspecified atom stereocenters. The lowest BCUT2D eigenvalue weighted by Crippen LogP contribution is -2.43. The second kappa shape index (κ2) is 9.37. The standard InChI is InChI=1S/C17H30N4/c1-13(2)6-7-15(4)21-17(18-5)20-11-9-16-8-10-19-12-14(16)3/h8,10,12-13,15H,6-7,9,11H2,1-5H3,(H2,18,20,21). The molecule has 0 bridgehead atoms. The lowest BCUT2D eigenvalue weighted by atomic mass is 10.0. The molecule has 0 amide bonds. The summed E-state index contributed by atoms with van der Waals surface area (Å²) >= 11 is 0. The van der Waals surface area contributed by atoms with Crippen LogP contribution in [0.2, 0.25) is 0 Å². The van der Waals surface area contributed by atoms with E-state index in [2.05, 4.69) is 54.4 Å². The first-order chi connectivity index (χ1) is 10.0. The van der Waals surface area contributed by atoms with Crippen molar-refractivity contribution in [1.82, 2.24) is 15.6 Å². The van der Waals surface area contributed by atoms with Crippen molar-refractivity contribution in [2.24, 2.45) is 10.9 Å². The van der Waals surface area contributed by atoms with Crippen molar-refractivity contribution in [2.75, 3.05) is 13.6 Å². The Kier molecular flexibility index (Phi) is 7.80. The summed E-state index contributed by atoms with van der Waals surface area (Å²) < 4.78 is 0. The van der Waals surface area contributed by atoms with Gasteiger partial charge in [0.15, 0.2) is 5.96 Å². The third kappa shape index (κ3) is 7.11. The van der Waals surface area contributed by atoms with Crippen LogP contribution in [0.1, 0.15) is 44.7 Å². The molecule has 21 heavy (non-hydrogen) atoms. The summed E-state index contributed by atoms with van der Waals surface area (Å²) in [5, 5.41) is 6.83. The Morgan fingerprint density at radius 3 is 2.67 bits per heavy atom. The number of aryl methyl sites for hydroxylation is 1. The zero-order chi connectivity index (χ0) is 15.7. The van der Waals surface area contributed by atoms with Crippen molar-refractivity contribution in [3.8, 4) is 0 Å². The highest BCUT2D eigenvalue weighted by Gasteiger charge is 2.06. The van der Waals surface area contributed by atoms with Gasteiger partial charge in [0.25, 0.3) is 0 Å². The van der Waals surface area contributed by atoms with Crippen LogP contribution >= 0.6 is 0 Å². The third-order valence-electron chi connectivity index (χ3n) is 3.61. The zero-order valence-electron chi connectivity index (χ0n) is 14.1. The average molecular weight is 290 g/mol. The molecule has 118 valence electrons. The predicted molar refractivity (Wildman–Crippen MR) is 90.7 cm³/mol. The molecular formula is C17H30N4. The summed E-state index contributed by atoms with van der Waals surface area (Å²) in [4.78, 5) is 8.41. The Bertz CT molecular complexity index is 440. The molecule has 0 aromatic carbocycles. The molecule has 1 atom stereocenters. The molecule has 0 spiro atoms. The number of rotatable bonds is 7. The number of pyridine rings is 1. The topological polar surface area (TPSA) is 49.3 Å². The van der Waals surface area contributed by atoms with Crippen LogP contribution in [0.4, 0.5) is 0 Å². The number of guanidine groups is 1. The molecule has 4 nitrogen and oxygen atoms in total. The predicted octanol–water partition coefficient (Wildman–Crippen LogP) is 2.92. The zero-order valence-corrected chi connectivity index (χ0v) is 14.1. The monoisotopic (exact) mass is 290 g/mol. The van der Waals surface area contributed by atoms with Crippen LogP contribution in [0.15, 0.2) is 23.5 Å². The van der Waals surface area contributed by atoms with E-state index in [0.717, 1.165) is 24.8 Å². The van der Waals surface area contributed by atoms with E-state index in [1.165, 1.54) is 24.0 Å². The minimum Gasteiger partial charge on any atom is -0.356 e. The molecule has 0 aliphatic heterocycles. The van der Waals surface area contributed by atoms with Crippen molar-refractivity contribution < 1.29 is 0 Å². The summed E-state index contributed by atoms with van der Waals surface area (Å²) in [6.45, 7) is 9.71. The second-order valence-corrected chi connectivity index (χ2v) is 6.07. The van der Waals surface area contributed by atoms with Crippen molar-refractivity contribution in [1.29, 1.82) is 0 Å². The van der Waals surface area contributed by atoms with Gasteiger partial charge in [-0.1, -0.05) is 13.8 Å². The van der Waals surface area contributed by atoms with Crippen LogP contribution in [-0.4, -0.2) is 30.6 Å². The molecule has 0 aliphatic rings. The highest BCUT2D eigenvalue weighted by Crippen LogP contribution is 2.06.